The second kappa shape index (κ2) is 7.10. The summed E-state index contributed by atoms with van der Waals surface area (Å²) in [7, 11) is -3.59. The quantitative estimate of drug-likeness (QED) is 0.320. The van der Waals surface area contributed by atoms with Crippen LogP contribution in [0.4, 0.5) is 5.69 Å². The molecule has 0 bridgehead atoms. The Labute approximate surface area is 180 Å². The molecule has 4 aromatic rings. The number of hydrogen-bond acceptors (Lipinski definition) is 8. The predicted molar refractivity (Wildman–Crippen MR) is 122 cm³/mol. The van der Waals surface area contributed by atoms with Gasteiger partial charge in [-0.3, -0.25) is 28.2 Å². The number of benzene rings is 2. The van der Waals surface area contributed by atoms with Crippen molar-refractivity contribution in [3.63, 3.8) is 0 Å². The van der Waals surface area contributed by atoms with E-state index in [4.69, 9.17) is 0 Å². The predicted octanol–water partition coefficient (Wildman–Crippen LogP) is 3.40. The van der Waals surface area contributed by atoms with E-state index < -0.39 is 27.0 Å². The lowest BCUT2D eigenvalue weighted by Crippen LogP contribution is -2.32. The molecular formula is C20H16N4O5S2. The zero-order valence-corrected chi connectivity index (χ0v) is 17.4. The van der Waals surface area contributed by atoms with Crippen LogP contribution in [0.3, 0.4) is 0 Å². The number of anilines is 1. The van der Waals surface area contributed by atoms with Crippen molar-refractivity contribution in [3.05, 3.63) is 85.7 Å². The molecule has 0 radical (unpaired) electrons. The first kappa shape index (κ1) is 19.6. The minimum absolute atomic E-state index is 0.135. The fourth-order valence-electron chi connectivity index (χ4n) is 3.50. The van der Waals surface area contributed by atoms with E-state index in [9.17, 15) is 23.8 Å². The number of fused-ring (bicyclic) bond motifs is 2. The van der Waals surface area contributed by atoms with Gasteiger partial charge in [0.05, 0.1) is 12.2 Å². The van der Waals surface area contributed by atoms with Gasteiger partial charge < -0.3 is 10.4 Å². The lowest BCUT2D eigenvalue weighted by atomic mass is 10.1. The summed E-state index contributed by atoms with van der Waals surface area (Å²) in [4.78, 5) is 27.8. The number of aromatic hydroxyl groups is 1. The molecule has 31 heavy (non-hydrogen) atoms. The largest absolute Gasteiger partial charge is 0.505 e. The van der Waals surface area contributed by atoms with Gasteiger partial charge in [0.25, 0.3) is 5.56 Å². The third kappa shape index (κ3) is 3.24. The maximum absolute atomic E-state index is 13.5. The Balaban J connectivity index is 1.76. The average Bonchev–Trinajstić information content (AvgIpc) is 3.13. The van der Waals surface area contributed by atoms with E-state index in [-0.39, 0.29) is 33.2 Å². The third-order valence-corrected chi connectivity index (χ3v) is 7.15. The minimum atomic E-state index is -3.59. The van der Waals surface area contributed by atoms with Gasteiger partial charge in [-0.15, -0.1) is 4.40 Å². The average molecular weight is 457 g/mol. The Morgan fingerprint density at radius 3 is 2.52 bits per heavy atom. The molecule has 0 aliphatic carbocycles. The monoisotopic (exact) mass is 456 g/mol. The third-order valence-electron chi connectivity index (χ3n) is 4.89. The first-order chi connectivity index (χ1) is 14.8. The number of aromatic nitrogens is 2. The molecule has 0 saturated heterocycles. The Morgan fingerprint density at radius 2 is 1.74 bits per heavy atom. The Kier molecular flexibility index (Phi) is 4.48. The highest BCUT2D eigenvalue weighted by Gasteiger charge is 2.30. The van der Waals surface area contributed by atoms with Gasteiger partial charge in [-0.1, -0.05) is 64.6 Å². The smallest absolute Gasteiger partial charge is 0.306 e. The molecule has 3 heterocycles. The number of nitrogens with one attached hydrogen (secondary N) is 2. The van der Waals surface area contributed by atoms with Crippen LogP contribution in [0, 0.1) is 0 Å². The van der Waals surface area contributed by atoms with Crippen molar-refractivity contribution in [2.24, 2.45) is 4.40 Å². The first-order valence-corrected chi connectivity index (χ1v) is 11.4. The maximum Gasteiger partial charge on any atom is 0.306 e. The minimum Gasteiger partial charge on any atom is -0.505 e. The number of amidine groups is 1. The van der Waals surface area contributed by atoms with Crippen LogP contribution in [0.15, 0.2) is 73.5 Å². The molecule has 9 nitrogen and oxygen atoms in total. The molecule has 0 unspecified atom stereocenters. The number of rotatable bonds is 3. The van der Waals surface area contributed by atoms with Crippen molar-refractivity contribution in [1.82, 2.24) is 9.55 Å². The first-order valence-electron chi connectivity index (χ1n) is 9.12. The number of aromatic amines is 1. The molecule has 0 amide bonds. The summed E-state index contributed by atoms with van der Waals surface area (Å²) in [5, 5.41) is 13.8. The molecule has 0 spiro atoms. The highest BCUT2D eigenvalue weighted by molar-refractivity contribution is 8.23. The van der Waals surface area contributed by atoms with Crippen molar-refractivity contribution in [2.75, 3.05) is 5.32 Å². The van der Waals surface area contributed by atoms with Crippen LogP contribution in [0.1, 0.15) is 11.1 Å². The van der Waals surface area contributed by atoms with Crippen LogP contribution in [0.2, 0.25) is 0 Å². The Hall–Kier alpha value is -3.38. The Morgan fingerprint density at radius 1 is 1.03 bits per heavy atom. The molecule has 2 aromatic carbocycles. The van der Waals surface area contributed by atoms with Crippen molar-refractivity contribution in [1.29, 1.82) is 0 Å². The van der Waals surface area contributed by atoms with E-state index in [0.717, 1.165) is 16.9 Å². The molecule has 2 aromatic heterocycles. The van der Waals surface area contributed by atoms with Gasteiger partial charge in [0.2, 0.25) is 0 Å². The second-order valence-corrected chi connectivity index (χ2v) is 9.52. The van der Waals surface area contributed by atoms with Crippen LogP contribution in [-0.2, 0) is 6.54 Å². The van der Waals surface area contributed by atoms with E-state index in [2.05, 4.69) is 14.7 Å². The fourth-order valence-corrected chi connectivity index (χ4v) is 5.45. The molecule has 11 heteroatoms. The van der Waals surface area contributed by atoms with Gasteiger partial charge in [0.1, 0.15) is 20.8 Å². The topological polar surface area (TPSA) is 140 Å². The molecule has 1 aliphatic heterocycles. The van der Waals surface area contributed by atoms with Crippen molar-refractivity contribution < 1.29 is 14.2 Å². The van der Waals surface area contributed by atoms with E-state index in [1.165, 1.54) is 10.6 Å². The number of nitrogens with zero attached hydrogens (tertiary/aromatic N) is 2. The van der Waals surface area contributed by atoms with Crippen LogP contribution in [0.25, 0.3) is 10.3 Å². The lowest BCUT2D eigenvalue weighted by molar-refractivity contribution is 0.478. The Bertz CT molecular complexity index is 1470. The standard InChI is InChI=1S/C20H16N4O5S2/c25-15-14(17-21-12-8-4-5-9-13(12)31(28,29)23-17)19(26)24(10-11-6-2-1-3-7-11)18-16(15)30-20(27)22-18/h1-9,25,28-29H,10H2,(H,21,23)(H,22,27). The van der Waals surface area contributed by atoms with E-state index in [0.29, 0.717) is 5.69 Å². The van der Waals surface area contributed by atoms with Gasteiger partial charge in [0.15, 0.2) is 11.6 Å². The second-order valence-electron chi connectivity index (χ2n) is 6.87. The van der Waals surface area contributed by atoms with E-state index >= 15 is 0 Å². The number of thiazole rings is 1. The summed E-state index contributed by atoms with van der Waals surface area (Å²) in [5.74, 6) is -0.626. The number of pyridine rings is 1. The van der Waals surface area contributed by atoms with Crippen molar-refractivity contribution >= 4 is 44.0 Å². The molecular weight excluding hydrogens is 440 g/mol. The molecule has 0 atom stereocenters. The zero-order chi connectivity index (χ0) is 21.8. The number of H-pyrrole nitrogens is 1. The maximum atomic E-state index is 13.5. The molecule has 158 valence electrons. The fraction of sp³-hybridized carbons (Fsp3) is 0.0500. The van der Waals surface area contributed by atoms with E-state index in [1.54, 1.807) is 18.2 Å². The SMILES string of the molecule is O=c1[nH]c2c(s1)c(O)c(C1=NS(O)(O)c3ccccc3N1)c(=O)n2Cc1ccccc1. The number of para-hydroxylation sites is 1. The molecule has 5 rings (SSSR count). The summed E-state index contributed by atoms with van der Waals surface area (Å²) in [6.45, 7) is 0.135. The molecule has 0 fully saturated rings. The number of hydrogen-bond donors (Lipinski definition) is 5. The van der Waals surface area contributed by atoms with Gasteiger partial charge in [-0.05, 0) is 17.7 Å². The van der Waals surface area contributed by atoms with E-state index in [1.807, 2.05) is 30.3 Å². The molecule has 1 aliphatic rings. The zero-order valence-electron chi connectivity index (χ0n) is 15.8. The lowest BCUT2D eigenvalue weighted by Gasteiger charge is -2.34. The van der Waals surface area contributed by atoms with Gasteiger partial charge in [-0.2, -0.15) is 0 Å². The summed E-state index contributed by atoms with van der Waals surface area (Å²) >= 11 is 0.754. The summed E-state index contributed by atoms with van der Waals surface area (Å²) in [6.07, 6.45) is 0. The van der Waals surface area contributed by atoms with Crippen molar-refractivity contribution in [2.45, 2.75) is 11.4 Å². The normalized spacial score (nSPS) is 15.7. The summed E-state index contributed by atoms with van der Waals surface area (Å²) in [6, 6.07) is 15.6. The summed E-state index contributed by atoms with van der Waals surface area (Å²) < 4.78 is 26.5. The summed E-state index contributed by atoms with van der Waals surface area (Å²) in [5.41, 5.74) is 0.483. The van der Waals surface area contributed by atoms with Crippen LogP contribution in [0.5, 0.6) is 5.75 Å². The van der Waals surface area contributed by atoms with Crippen LogP contribution < -0.4 is 15.7 Å². The molecule has 5 N–H and O–H groups in total. The van der Waals surface area contributed by atoms with Crippen LogP contribution >= 0.6 is 22.1 Å². The molecule has 0 saturated carbocycles. The van der Waals surface area contributed by atoms with Crippen molar-refractivity contribution in [3.8, 4) is 5.75 Å². The van der Waals surface area contributed by atoms with Gasteiger partial charge in [-0.25, -0.2) is 0 Å². The highest BCUT2D eigenvalue weighted by atomic mass is 32.3. The van der Waals surface area contributed by atoms with Gasteiger partial charge in [0, 0.05) is 0 Å². The highest BCUT2D eigenvalue weighted by Crippen LogP contribution is 2.55. The van der Waals surface area contributed by atoms with Gasteiger partial charge >= 0.3 is 4.87 Å². The van der Waals surface area contributed by atoms with Crippen LogP contribution in [-0.4, -0.2) is 29.6 Å².